The number of likely N-dealkylation sites (tertiary alicyclic amines) is 1. The lowest BCUT2D eigenvalue weighted by Gasteiger charge is -2.38. The largest absolute Gasteiger partial charge is 0.358 e. The van der Waals surface area contributed by atoms with Crippen LogP contribution in [0.1, 0.15) is 60.3 Å². The van der Waals surface area contributed by atoms with E-state index < -0.39 is 29.4 Å². The zero-order valence-electron chi connectivity index (χ0n) is 22.7. The van der Waals surface area contributed by atoms with Crippen molar-refractivity contribution in [2.75, 3.05) is 11.9 Å². The normalized spacial score (nSPS) is 29.6. The van der Waals surface area contributed by atoms with Crippen molar-refractivity contribution < 1.29 is 18.8 Å². The highest BCUT2D eigenvalue weighted by Crippen LogP contribution is 2.65. The van der Waals surface area contributed by atoms with Gasteiger partial charge < -0.3 is 20.9 Å². The summed E-state index contributed by atoms with van der Waals surface area (Å²) < 4.78 is 13.4. The number of pyridine rings is 1. The van der Waals surface area contributed by atoms with Gasteiger partial charge in [-0.15, -0.1) is 0 Å². The number of aromatic nitrogens is 1. The second-order valence-corrected chi connectivity index (χ2v) is 13.3. The van der Waals surface area contributed by atoms with E-state index in [1.807, 2.05) is 20.8 Å². The number of nitrogens with one attached hydrogen (secondary N) is 3. The van der Waals surface area contributed by atoms with E-state index in [2.05, 4.69) is 40.9 Å². The highest BCUT2D eigenvalue weighted by molar-refractivity contribution is 5.93. The quantitative estimate of drug-likeness (QED) is 0.503. The molecule has 2 saturated heterocycles. The molecule has 9 nitrogen and oxygen atoms in total. The Morgan fingerprint density at radius 1 is 1.32 bits per heavy atom. The molecule has 38 heavy (non-hydrogen) atoms. The maximum atomic E-state index is 14.0. The number of anilines is 1. The summed E-state index contributed by atoms with van der Waals surface area (Å²) in [6.45, 7) is 10.4. The molecule has 2 saturated carbocycles. The molecule has 4 aliphatic rings. The van der Waals surface area contributed by atoms with Gasteiger partial charge in [0, 0.05) is 18.0 Å². The maximum absolute atomic E-state index is 14.0. The van der Waals surface area contributed by atoms with Gasteiger partial charge in [0.1, 0.15) is 29.8 Å². The van der Waals surface area contributed by atoms with Crippen molar-refractivity contribution in [2.24, 2.45) is 28.6 Å². The Bertz CT molecular complexity index is 1180. The second kappa shape index (κ2) is 8.92. The summed E-state index contributed by atoms with van der Waals surface area (Å²) in [4.78, 5) is 45.8. The lowest BCUT2D eigenvalue weighted by molar-refractivity contribution is -0.142. The first-order valence-corrected chi connectivity index (χ1v) is 13.5. The molecule has 5 rings (SSSR count). The molecule has 3 amide bonds. The Morgan fingerprint density at radius 3 is 2.58 bits per heavy atom. The van der Waals surface area contributed by atoms with Gasteiger partial charge in [-0.1, -0.05) is 34.6 Å². The Kier molecular flexibility index (Phi) is 6.20. The van der Waals surface area contributed by atoms with E-state index >= 15 is 0 Å². The first-order chi connectivity index (χ1) is 17.8. The maximum Gasteiger partial charge on any atom is 0.246 e. The third kappa shape index (κ3) is 4.72. The summed E-state index contributed by atoms with van der Waals surface area (Å²) >= 11 is 0. The number of hydrogen-bond acceptors (Lipinski definition) is 6. The predicted octanol–water partition coefficient (Wildman–Crippen LogP) is 2.60. The van der Waals surface area contributed by atoms with Crippen LogP contribution in [0.15, 0.2) is 18.3 Å². The molecule has 0 radical (unpaired) electrons. The third-order valence-electron chi connectivity index (χ3n) is 9.14. The number of piperidine rings is 1. The van der Waals surface area contributed by atoms with Gasteiger partial charge in [0.05, 0.1) is 12.3 Å². The molecule has 10 heteroatoms. The topological polar surface area (TPSA) is 127 Å². The molecule has 2 aliphatic carbocycles. The van der Waals surface area contributed by atoms with E-state index in [0.29, 0.717) is 18.8 Å². The van der Waals surface area contributed by atoms with Crippen LogP contribution in [0.3, 0.4) is 0 Å². The lowest BCUT2D eigenvalue weighted by atomic mass is 9.85. The van der Waals surface area contributed by atoms with Gasteiger partial charge >= 0.3 is 0 Å². The van der Waals surface area contributed by atoms with Gasteiger partial charge in [-0.3, -0.25) is 14.4 Å². The first kappa shape index (κ1) is 26.4. The van der Waals surface area contributed by atoms with Crippen molar-refractivity contribution in [3.63, 3.8) is 0 Å². The number of rotatable bonds is 7. The van der Waals surface area contributed by atoms with Crippen molar-refractivity contribution >= 4 is 23.5 Å². The summed E-state index contributed by atoms with van der Waals surface area (Å²) in [5.41, 5.74) is -0.714. The van der Waals surface area contributed by atoms with Gasteiger partial charge in [0.25, 0.3) is 0 Å². The average Bonchev–Trinajstić information content (AvgIpc) is 3.56. The van der Waals surface area contributed by atoms with Crippen molar-refractivity contribution in [1.82, 2.24) is 20.5 Å². The van der Waals surface area contributed by atoms with E-state index in [-0.39, 0.29) is 52.8 Å². The zero-order chi connectivity index (χ0) is 27.6. The Balaban J connectivity index is 1.32. The molecule has 1 spiro atoms. The number of nitrogens with zero attached hydrogens (tertiary/aromatic N) is 3. The SMILES string of the molecule is CC(C)(C)C(Nc1ccc(F)cn1)C(=O)N1CC2C(C1C(=O)NC(C#N)CC1CC3(CC3)NC1=O)C2(C)C. The Hall–Kier alpha value is -3.22. The van der Waals surface area contributed by atoms with Gasteiger partial charge in [-0.2, -0.15) is 5.26 Å². The fourth-order valence-electron chi connectivity index (χ4n) is 6.57. The monoisotopic (exact) mass is 524 g/mol. The van der Waals surface area contributed by atoms with E-state index in [1.165, 1.54) is 12.1 Å². The van der Waals surface area contributed by atoms with E-state index in [1.54, 1.807) is 4.90 Å². The van der Waals surface area contributed by atoms with Gasteiger partial charge in [-0.25, -0.2) is 9.37 Å². The zero-order valence-corrected chi connectivity index (χ0v) is 22.7. The molecule has 1 aromatic heterocycles. The minimum atomic E-state index is -0.815. The van der Waals surface area contributed by atoms with Crippen LogP contribution in [0.4, 0.5) is 10.2 Å². The predicted molar refractivity (Wildman–Crippen MR) is 138 cm³/mol. The highest BCUT2D eigenvalue weighted by atomic mass is 19.1. The van der Waals surface area contributed by atoms with Gasteiger partial charge in [0.15, 0.2) is 0 Å². The summed E-state index contributed by atoms with van der Waals surface area (Å²) in [7, 11) is 0. The molecule has 4 fully saturated rings. The number of carbonyl (C=O) groups is 3. The van der Waals surface area contributed by atoms with Crippen LogP contribution in [0.5, 0.6) is 0 Å². The minimum absolute atomic E-state index is 0.0140. The van der Waals surface area contributed by atoms with Crippen molar-refractivity contribution in [2.45, 2.75) is 84.0 Å². The van der Waals surface area contributed by atoms with Crippen molar-refractivity contribution in [3.8, 4) is 6.07 Å². The molecule has 3 heterocycles. The number of fused-ring (bicyclic) bond motifs is 1. The standard InChI is InChI=1S/C28H37FN6O3/c1-26(2,3)22(33-19-7-6-16(29)13-31-19)25(38)35-14-18-20(27(18,4)5)21(35)24(37)32-17(12-30)10-15-11-28(8-9-28)34-23(15)36/h6-7,13,15,17-18,20-22H,8-11,14H2,1-5H3,(H,31,33)(H,32,37)(H,34,36). The van der Waals surface area contributed by atoms with Gasteiger partial charge in [0.2, 0.25) is 17.7 Å². The summed E-state index contributed by atoms with van der Waals surface area (Å²) in [5, 5.41) is 18.9. The molecule has 1 aromatic rings. The molecular formula is C28H37FN6O3. The Morgan fingerprint density at radius 2 is 2.03 bits per heavy atom. The number of carbonyl (C=O) groups excluding carboxylic acids is 3. The van der Waals surface area contributed by atoms with E-state index in [0.717, 1.165) is 19.0 Å². The number of hydrogen-bond donors (Lipinski definition) is 3. The third-order valence-corrected chi connectivity index (χ3v) is 9.14. The van der Waals surface area contributed by atoms with Crippen molar-refractivity contribution in [1.29, 1.82) is 5.26 Å². The van der Waals surface area contributed by atoms with E-state index in [9.17, 15) is 24.0 Å². The highest BCUT2D eigenvalue weighted by Gasteiger charge is 2.69. The molecule has 2 aliphatic heterocycles. The molecule has 0 aromatic carbocycles. The van der Waals surface area contributed by atoms with Crippen LogP contribution in [0.25, 0.3) is 0 Å². The second-order valence-electron chi connectivity index (χ2n) is 13.3. The molecule has 6 unspecified atom stereocenters. The van der Waals surface area contributed by atoms with Crippen LogP contribution in [0, 0.1) is 45.7 Å². The summed E-state index contributed by atoms with van der Waals surface area (Å²) in [6, 6.07) is 2.69. The van der Waals surface area contributed by atoms with Crippen LogP contribution in [0.2, 0.25) is 0 Å². The van der Waals surface area contributed by atoms with Crippen LogP contribution in [-0.4, -0.2) is 57.8 Å². The first-order valence-electron chi connectivity index (χ1n) is 13.5. The van der Waals surface area contributed by atoms with Crippen LogP contribution < -0.4 is 16.0 Å². The molecule has 6 atom stereocenters. The molecule has 204 valence electrons. The smallest absolute Gasteiger partial charge is 0.246 e. The molecule has 0 bridgehead atoms. The molecular weight excluding hydrogens is 487 g/mol. The lowest BCUT2D eigenvalue weighted by Crippen LogP contribution is -2.57. The fourth-order valence-corrected chi connectivity index (χ4v) is 6.57. The van der Waals surface area contributed by atoms with Crippen molar-refractivity contribution in [3.05, 3.63) is 24.1 Å². The number of halogens is 1. The number of amides is 3. The van der Waals surface area contributed by atoms with Crippen LogP contribution in [-0.2, 0) is 14.4 Å². The van der Waals surface area contributed by atoms with Crippen LogP contribution >= 0.6 is 0 Å². The molecule has 3 N–H and O–H groups in total. The van der Waals surface area contributed by atoms with Gasteiger partial charge in [-0.05, 0) is 60.5 Å². The van der Waals surface area contributed by atoms with E-state index in [4.69, 9.17) is 0 Å². The minimum Gasteiger partial charge on any atom is -0.358 e. The summed E-state index contributed by atoms with van der Waals surface area (Å²) in [6.07, 6.45) is 3.98. The number of nitriles is 1. The summed E-state index contributed by atoms with van der Waals surface area (Å²) in [5.74, 6) is -0.859. The fraction of sp³-hybridized carbons (Fsp3) is 0.679. The average molecular weight is 525 g/mol. The Labute approximate surface area is 222 Å².